The van der Waals surface area contributed by atoms with Crippen molar-refractivity contribution in [2.24, 2.45) is 0 Å². The Bertz CT molecular complexity index is 410. The number of fused-ring (bicyclic) bond motifs is 1. The summed E-state index contributed by atoms with van der Waals surface area (Å²) in [5.74, 6) is -0.338. The van der Waals surface area contributed by atoms with Crippen molar-refractivity contribution in [1.29, 1.82) is 0 Å². The van der Waals surface area contributed by atoms with E-state index in [9.17, 15) is 4.39 Å². The molecule has 2 heterocycles. The zero-order chi connectivity index (χ0) is 8.55. The van der Waals surface area contributed by atoms with E-state index in [2.05, 4.69) is 5.10 Å². The number of aromatic nitrogens is 2. The van der Waals surface area contributed by atoms with Gasteiger partial charge in [-0.25, -0.2) is 8.91 Å². The van der Waals surface area contributed by atoms with Crippen molar-refractivity contribution in [3.8, 4) is 0 Å². The van der Waals surface area contributed by atoms with Crippen LogP contribution in [0.2, 0.25) is 0 Å². The maximum Gasteiger partial charge on any atom is 0.141 e. The van der Waals surface area contributed by atoms with Gasteiger partial charge in [-0.15, -0.1) is 0 Å². The first-order valence-electron chi connectivity index (χ1n) is 3.54. The molecule has 1 N–H and O–H groups in total. The number of aliphatic hydroxyl groups is 1. The second kappa shape index (κ2) is 2.57. The first-order chi connectivity index (χ1) is 5.79. The second-order valence-corrected chi connectivity index (χ2v) is 2.51. The molecule has 0 saturated heterocycles. The summed E-state index contributed by atoms with van der Waals surface area (Å²) in [5, 5.41) is 12.7. The van der Waals surface area contributed by atoms with E-state index in [-0.39, 0.29) is 12.4 Å². The molecule has 0 bridgehead atoms. The zero-order valence-corrected chi connectivity index (χ0v) is 6.24. The highest BCUT2D eigenvalue weighted by atomic mass is 19.1. The van der Waals surface area contributed by atoms with E-state index in [4.69, 9.17) is 5.11 Å². The number of pyridine rings is 1. The van der Waals surface area contributed by atoms with Gasteiger partial charge in [-0.2, -0.15) is 5.10 Å². The lowest BCUT2D eigenvalue weighted by atomic mass is 10.3. The van der Waals surface area contributed by atoms with Crippen LogP contribution >= 0.6 is 0 Å². The van der Waals surface area contributed by atoms with E-state index >= 15 is 0 Å². The number of hydrogen-bond acceptors (Lipinski definition) is 2. The Hall–Kier alpha value is -1.42. The SMILES string of the molecule is OCc1cc2ccc(F)cn2n1. The van der Waals surface area contributed by atoms with E-state index in [1.165, 1.54) is 16.8 Å². The molecule has 0 fully saturated rings. The van der Waals surface area contributed by atoms with Crippen molar-refractivity contribution in [1.82, 2.24) is 9.61 Å². The molecule has 0 unspecified atom stereocenters. The average molecular weight is 166 g/mol. The van der Waals surface area contributed by atoms with Crippen LogP contribution in [0.4, 0.5) is 4.39 Å². The smallest absolute Gasteiger partial charge is 0.141 e. The molecule has 2 rings (SSSR count). The molecule has 0 aliphatic rings. The fraction of sp³-hybridized carbons (Fsp3) is 0.125. The van der Waals surface area contributed by atoms with Crippen molar-refractivity contribution in [3.63, 3.8) is 0 Å². The lowest BCUT2D eigenvalue weighted by Crippen LogP contribution is -1.89. The molecule has 0 saturated carbocycles. The van der Waals surface area contributed by atoms with E-state index in [1.807, 2.05) is 0 Å². The molecule has 0 aliphatic carbocycles. The number of halogens is 1. The summed E-state index contributed by atoms with van der Waals surface area (Å²) in [7, 11) is 0. The summed E-state index contributed by atoms with van der Waals surface area (Å²) in [6.07, 6.45) is 1.27. The van der Waals surface area contributed by atoms with Crippen LogP contribution in [-0.2, 0) is 6.61 Å². The highest BCUT2D eigenvalue weighted by Crippen LogP contribution is 2.07. The van der Waals surface area contributed by atoms with Crippen LogP contribution < -0.4 is 0 Å². The Morgan fingerprint density at radius 2 is 2.33 bits per heavy atom. The molecule has 0 atom stereocenters. The molecule has 0 radical (unpaired) electrons. The molecule has 2 aromatic heterocycles. The van der Waals surface area contributed by atoms with Crippen LogP contribution in [0.5, 0.6) is 0 Å². The van der Waals surface area contributed by atoms with Crippen molar-refractivity contribution in [2.45, 2.75) is 6.61 Å². The average Bonchev–Trinajstić information content (AvgIpc) is 2.46. The van der Waals surface area contributed by atoms with Gasteiger partial charge in [0.25, 0.3) is 0 Å². The second-order valence-electron chi connectivity index (χ2n) is 2.51. The van der Waals surface area contributed by atoms with Crippen LogP contribution in [-0.4, -0.2) is 14.7 Å². The van der Waals surface area contributed by atoms with Gasteiger partial charge in [-0.1, -0.05) is 0 Å². The Labute approximate surface area is 68.1 Å². The van der Waals surface area contributed by atoms with E-state index < -0.39 is 0 Å². The van der Waals surface area contributed by atoms with Crippen molar-refractivity contribution in [2.75, 3.05) is 0 Å². The van der Waals surface area contributed by atoms with Gasteiger partial charge in [-0.05, 0) is 18.2 Å². The first-order valence-corrected chi connectivity index (χ1v) is 3.54. The minimum absolute atomic E-state index is 0.122. The van der Waals surface area contributed by atoms with Crippen LogP contribution in [0.1, 0.15) is 5.69 Å². The molecule has 4 heteroatoms. The third-order valence-electron chi connectivity index (χ3n) is 1.64. The molecule has 0 amide bonds. The van der Waals surface area contributed by atoms with Crippen LogP contribution in [0.25, 0.3) is 5.52 Å². The Balaban J connectivity index is 2.67. The van der Waals surface area contributed by atoms with Gasteiger partial charge in [0, 0.05) is 0 Å². The summed E-state index contributed by atoms with van der Waals surface area (Å²) >= 11 is 0. The lowest BCUT2D eigenvalue weighted by Gasteiger charge is -1.90. The fourth-order valence-corrected chi connectivity index (χ4v) is 1.09. The summed E-state index contributed by atoms with van der Waals surface area (Å²) in [5.41, 5.74) is 1.32. The molecule has 3 nitrogen and oxygen atoms in total. The molecule has 0 aromatic carbocycles. The lowest BCUT2D eigenvalue weighted by molar-refractivity contribution is 0.276. The largest absolute Gasteiger partial charge is 0.390 e. The summed E-state index contributed by atoms with van der Waals surface area (Å²) in [4.78, 5) is 0. The number of hydrogen-bond donors (Lipinski definition) is 1. The van der Waals surface area contributed by atoms with E-state index in [0.29, 0.717) is 5.69 Å². The first kappa shape index (κ1) is 7.24. The minimum atomic E-state index is -0.338. The molecule has 62 valence electrons. The maximum atomic E-state index is 12.6. The Kier molecular flexibility index (Phi) is 1.55. The van der Waals surface area contributed by atoms with Gasteiger partial charge in [0.05, 0.1) is 24.0 Å². The van der Waals surface area contributed by atoms with Crippen molar-refractivity contribution in [3.05, 3.63) is 35.9 Å². The third-order valence-corrected chi connectivity index (χ3v) is 1.64. The normalized spacial score (nSPS) is 10.8. The monoisotopic (exact) mass is 166 g/mol. The third kappa shape index (κ3) is 1.06. The van der Waals surface area contributed by atoms with Gasteiger partial charge < -0.3 is 5.11 Å². The standard InChI is InChI=1S/C8H7FN2O/c9-6-1-2-8-3-7(5-12)10-11(8)4-6/h1-4,12H,5H2. The highest BCUT2D eigenvalue weighted by Gasteiger charge is 1.99. The van der Waals surface area contributed by atoms with Gasteiger partial charge in [0.1, 0.15) is 5.82 Å². The topological polar surface area (TPSA) is 37.5 Å². The zero-order valence-electron chi connectivity index (χ0n) is 6.24. The van der Waals surface area contributed by atoms with E-state index in [0.717, 1.165) is 5.52 Å². The molecular weight excluding hydrogens is 159 g/mol. The van der Waals surface area contributed by atoms with Crippen molar-refractivity contribution >= 4 is 5.52 Å². The molecular formula is C8H7FN2O. The maximum absolute atomic E-state index is 12.6. The fourth-order valence-electron chi connectivity index (χ4n) is 1.09. The number of rotatable bonds is 1. The molecule has 2 aromatic rings. The van der Waals surface area contributed by atoms with Gasteiger partial charge in [-0.3, -0.25) is 0 Å². The van der Waals surface area contributed by atoms with Crippen molar-refractivity contribution < 1.29 is 9.50 Å². The number of nitrogens with zero attached hydrogens (tertiary/aromatic N) is 2. The Morgan fingerprint density at radius 1 is 1.50 bits per heavy atom. The molecule has 0 spiro atoms. The van der Waals surface area contributed by atoms with Crippen LogP contribution in [0.15, 0.2) is 24.4 Å². The predicted octanol–water partition coefficient (Wildman–Crippen LogP) is 0.966. The van der Waals surface area contributed by atoms with Crippen LogP contribution in [0.3, 0.4) is 0 Å². The van der Waals surface area contributed by atoms with E-state index in [1.54, 1.807) is 12.1 Å². The summed E-state index contributed by atoms with van der Waals surface area (Å²) < 4.78 is 14.0. The minimum Gasteiger partial charge on any atom is -0.390 e. The summed E-state index contributed by atoms with van der Waals surface area (Å²) in [6, 6.07) is 4.68. The highest BCUT2D eigenvalue weighted by molar-refractivity contribution is 5.46. The summed E-state index contributed by atoms with van der Waals surface area (Å²) in [6.45, 7) is -0.122. The predicted molar refractivity (Wildman–Crippen MR) is 41.1 cm³/mol. The van der Waals surface area contributed by atoms with Gasteiger partial charge in [0.15, 0.2) is 0 Å². The number of aliphatic hydroxyl groups excluding tert-OH is 1. The van der Waals surface area contributed by atoms with Crippen LogP contribution in [0, 0.1) is 5.82 Å². The van der Waals surface area contributed by atoms with Gasteiger partial charge in [0.2, 0.25) is 0 Å². The Morgan fingerprint density at radius 3 is 3.08 bits per heavy atom. The van der Waals surface area contributed by atoms with Gasteiger partial charge >= 0.3 is 0 Å². The quantitative estimate of drug-likeness (QED) is 0.685. The molecule has 0 aliphatic heterocycles. The molecule has 12 heavy (non-hydrogen) atoms.